The first-order chi connectivity index (χ1) is 12.5. The van der Waals surface area contributed by atoms with Crippen LogP contribution in [0.2, 0.25) is 0 Å². The summed E-state index contributed by atoms with van der Waals surface area (Å²) in [5.74, 6) is 0. The molecule has 1 heterocycles. The second-order valence-electron chi connectivity index (χ2n) is 6.70. The van der Waals surface area contributed by atoms with E-state index < -0.39 is 10.0 Å². The molecule has 0 aliphatic carbocycles. The molecule has 0 radical (unpaired) electrons. The van der Waals surface area contributed by atoms with E-state index in [-0.39, 0.29) is 17.3 Å². The fourth-order valence-electron chi connectivity index (χ4n) is 3.37. The van der Waals surface area contributed by atoms with E-state index in [1.54, 1.807) is 30.3 Å². The first kappa shape index (κ1) is 21.5. The highest BCUT2D eigenvalue weighted by Gasteiger charge is 2.17. The van der Waals surface area contributed by atoms with E-state index in [0.717, 1.165) is 44.5 Å². The maximum atomic E-state index is 12.6. The van der Waals surface area contributed by atoms with Crippen molar-refractivity contribution in [1.29, 1.82) is 0 Å². The molecular formula is C21H27ClN2O2S. The Hall–Kier alpha value is -1.82. The highest BCUT2D eigenvalue weighted by atomic mass is 35.5. The number of rotatable bonds is 6. The molecule has 0 spiro atoms. The number of benzene rings is 2. The largest absolute Gasteiger partial charge is 0.303 e. The third-order valence-electron chi connectivity index (χ3n) is 4.82. The van der Waals surface area contributed by atoms with Crippen LogP contribution in [0.1, 0.15) is 30.0 Å². The molecule has 0 saturated carbocycles. The molecule has 0 bridgehead atoms. The lowest BCUT2D eigenvalue weighted by Gasteiger charge is -2.18. The highest BCUT2D eigenvalue weighted by Crippen LogP contribution is 2.23. The molecule has 2 aromatic carbocycles. The summed E-state index contributed by atoms with van der Waals surface area (Å²) in [7, 11) is -3.59. The third-order valence-corrected chi connectivity index (χ3v) is 6.22. The number of anilines is 1. The third kappa shape index (κ3) is 5.34. The second kappa shape index (κ2) is 9.40. The Labute approximate surface area is 168 Å². The molecule has 146 valence electrons. The molecule has 1 N–H and O–H groups in total. The smallest absolute Gasteiger partial charge is 0.261 e. The molecule has 1 aliphatic heterocycles. The van der Waals surface area contributed by atoms with Gasteiger partial charge in [0.15, 0.2) is 0 Å². The Bertz CT molecular complexity index is 880. The molecule has 0 aromatic heterocycles. The van der Waals surface area contributed by atoms with Gasteiger partial charge in [-0.1, -0.05) is 37.8 Å². The van der Waals surface area contributed by atoms with Crippen LogP contribution in [0, 0.1) is 0 Å². The monoisotopic (exact) mass is 406 g/mol. The van der Waals surface area contributed by atoms with Gasteiger partial charge in [-0.05, 0) is 66.8 Å². The predicted octanol–water partition coefficient (Wildman–Crippen LogP) is 4.36. The Balaban J connectivity index is 0.00000261. The standard InChI is InChI=1S/C21H26N2O2S.ClH/c1-3-13-23-14-11-18-7-8-20(16-19(18)12-15-23)22-26(24,25)21-9-5-17(4-2)6-10-21;/h4-10,16,22H,2-3,11-15H2,1H3;1H. The Morgan fingerprint density at radius 1 is 1.07 bits per heavy atom. The molecule has 6 heteroatoms. The second-order valence-corrected chi connectivity index (χ2v) is 8.39. The van der Waals surface area contributed by atoms with Gasteiger partial charge in [0.1, 0.15) is 0 Å². The average Bonchev–Trinajstić information content (AvgIpc) is 2.84. The summed E-state index contributed by atoms with van der Waals surface area (Å²) in [5, 5.41) is 0. The molecule has 0 saturated heterocycles. The summed E-state index contributed by atoms with van der Waals surface area (Å²) in [5.41, 5.74) is 4.08. The molecule has 0 atom stereocenters. The molecule has 0 unspecified atom stereocenters. The topological polar surface area (TPSA) is 49.4 Å². The van der Waals surface area contributed by atoms with Crippen molar-refractivity contribution in [2.45, 2.75) is 31.1 Å². The zero-order valence-electron chi connectivity index (χ0n) is 15.6. The highest BCUT2D eigenvalue weighted by molar-refractivity contribution is 7.92. The van der Waals surface area contributed by atoms with E-state index in [4.69, 9.17) is 0 Å². The van der Waals surface area contributed by atoms with Gasteiger partial charge in [-0.25, -0.2) is 8.42 Å². The van der Waals surface area contributed by atoms with Gasteiger partial charge in [0.05, 0.1) is 4.90 Å². The van der Waals surface area contributed by atoms with Gasteiger partial charge in [0.25, 0.3) is 10.0 Å². The van der Waals surface area contributed by atoms with Crippen molar-refractivity contribution in [3.05, 3.63) is 65.7 Å². The van der Waals surface area contributed by atoms with E-state index in [2.05, 4.69) is 29.2 Å². The van der Waals surface area contributed by atoms with Crippen LogP contribution in [0.15, 0.2) is 53.9 Å². The Kier molecular flexibility index (Phi) is 7.48. The van der Waals surface area contributed by atoms with Crippen molar-refractivity contribution in [2.24, 2.45) is 0 Å². The quantitative estimate of drug-likeness (QED) is 0.775. The number of hydrogen-bond acceptors (Lipinski definition) is 3. The average molecular weight is 407 g/mol. The van der Waals surface area contributed by atoms with Crippen LogP contribution in [0.4, 0.5) is 5.69 Å². The summed E-state index contributed by atoms with van der Waals surface area (Å²) in [4.78, 5) is 2.73. The van der Waals surface area contributed by atoms with E-state index in [9.17, 15) is 8.42 Å². The lowest BCUT2D eigenvalue weighted by atomic mass is 10.0. The van der Waals surface area contributed by atoms with Gasteiger partial charge in [-0.3, -0.25) is 4.72 Å². The Morgan fingerprint density at radius 3 is 2.37 bits per heavy atom. The molecule has 3 rings (SSSR count). The molecule has 2 aromatic rings. The fourth-order valence-corrected chi connectivity index (χ4v) is 4.42. The number of fused-ring (bicyclic) bond motifs is 1. The molecule has 27 heavy (non-hydrogen) atoms. The number of nitrogens with zero attached hydrogens (tertiary/aromatic N) is 1. The Morgan fingerprint density at radius 2 is 1.74 bits per heavy atom. The lowest BCUT2D eigenvalue weighted by Crippen LogP contribution is -2.27. The van der Waals surface area contributed by atoms with E-state index in [1.807, 2.05) is 12.1 Å². The minimum Gasteiger partial charge on any atom is -0.303 e. The van der Waals surface area contributed by atoms with Crippen molar-refractivity contribution < 1.29 is 8.42 Å². The zero-order valence-corrected chi connectivity index (χ0v) is 17.3. The molecule has 0 fully saturated rings. The molecule has 0 amide bonds. The minimum atomic E-state index is -3.59. The lowest BCUT2D eigenvalue weighted by molar-refractivity contribution is 0.288. The zero-order chi connectivity index (χ0) is 18.6. The van der Waals surface area contributed by atoms with Crippen molar-refractivity contribution in [2.75, 3.05) is 24.4 Å². The minimum absolute atomic E-state index is 0. The van der Waals surface area contributed by atoms with Gasteiger partial charge in [0, 0.05) is 18.8 Å². The van der Waals surface area contributed by atoms with E-state index in [0.29, 0.717) is 5.69 Å². The molecule has 1 aliphatic rings. The van der Waals surface area contributed by atoms with E-state index >= 15 is 0 Å². The summed E-state index contributed by atoms with van der Waals surface area (Å²) >= 11 is 0. The number of hydrogen-bond donors (Lipinski definition) is 1. The van der Waals surface area contributed by atoms with Gasteiger partial charge in [-0.15, -0.1) is 12.4 Å². The van der Waals surface area contributed by atoms with Crippen LogP contribution in [-0.2, 0) is 22.9 Å². The van der Waals surface area contributed by atoms with Crippen LogP contribution in [-0.4, -0.2) is 33.0 Å². The normalized spacial score (nSPS) is 14.6. The first-order valence-electron chi connectivity index (χ1n) is 9.11. The predicted molar refractivity (Wildman–Crippen MR) is 115 cm³/mol. The van der Waals surface area contributed by atoms with Crippen LogP contribution < -0.4 is 4.72 Å². The number of halogens is 1. The van der Waals surface area contributed by atoms with E-state index in [1.165, 1.54) is 11.1 Å². The summed E-state index contributed by atoms with van der Waals surface area (Å²) in [6, 6.07) is 12.6. The van der Waals surface area contributed by atoms with Crippen LogP contribution in [0.5, 0.6) is 0 Å². The summed E-state index contributed by atoms with van der Waals surface area (Å²) in [6.07, 6.45) is 4.83. The van der Waals surface area contributed by atoms with Gasteiger partial charge < -0.3 is 4.90 Å². The van der Waals surface area contributed by atoms with Crippen molar-refractivity contribution >= 4 is 34.2 Å². The first-order valence-corrected chi connectivity index (χ1v) is 10.6. The molecular weight excluding hydrogens is 380 g/mol. The van der Waals surface area contributed by atoms with Crippen molar-refractivity contribution in [1.82, 2.24) is 4.90 Å². The molecule has 4 nitrogen and oxygen atoms in total. The number of nitrogens with one attached hydrogen (secondary N) is 1. The summed E-state index contributed by atoms with van der Waals surface area (Å²) < 4.78 is 28.0. The van der Waals surface area contributed by atoms with Crippen LogP contribution in [0.3, 0.4) is 0 Å². The summed E-state index contributed by atoms with van der Waals surface area (Å²) in [6.45, 7) is 9.11. The van der Waals surface area contributed by atoms with Crippen LogP contribution in [0.25, 0.3) is 6.08 Å². The van der Waals surface area contributed by atoms with Gasteiger partial charge in [0.2, 0.25) is 0 Å². The van der Waals surface area contributed by atoms with Crippen molar-refractivity contribution in [3.8, 4) is 0 Å². The van der Waals surface area contributed by atoms with Gasteiger partial charge >= 0.3 is 0 Å². The van der Waals surface area contributed by atoms with Gasteiger partial charge in [-0.2, -0.15) is 0 Å². The maximum Gasteiger partial charge on any atom is 0.261 e. The number of sulfonamides is 1. The van der Waals surface area contributed by atoms with Crippen LogP contribution >= 0.6 is 12.4 Å². The maximum absolute atomic E-state index is 12.6. The van der Waals surface area contributed by atoms with Crippen molar-refractivity contribution in [3.63, 3.8) is 0 Å². The SMILES string of the molecule is C=Cc1ccc(S(=O)(=O)Nc2ccc3c(c2)CCN(CCC)CC3)cc1.Cl. The fraction of sp³-hybridized carbons (Fsp3) is 0.333.